The van der Waals surface area contributed by atoms with E-state index in [0.717, 1.165) is 17.2 Å². The largest absolute Gasteiger partial charge is 0.416 e. The fraction of sp³-hybridized carbons (Fsp3) is 0.174. The average Bonchev–Trinajstić information content (AvgIpc) is 2.91. The molecule has 3 aromatic rings. The number of carbonyl (C=O) groups excluding carboxylic acids is 1. The maximum Gasteiger partial charge on any atom is 0.416 e. The van der Waals surface area contributed by atoms with Crippen LogP contribution in [0.5, 0.6) is 0 Å². The minimum Gasteiger partial charge on any atom is -0.325 e. The first-order valence-corrected chi connectivity index (χ1v) is 9.92. The zero-order valence-electron chi connectivity index (χ0n) is 15.8. The molecule has 1 atom stereocenters. The van der Waals surface area contributed by atoms with Gasteiger partial charge < -0.3 is 5.32 Å². The van der Waals surface area contributed by atoms with Gasteiger partial charge in [-0.05, 0) is 60.4 Å². The fourth-order valence-corrected chi connectivity index (χ4v) is 4.36. The monoisotopic (exact) mass is 449 g/mol. The molecule has 0 spiro atoms. The van der Waals surface area contributed by atoms with Crippen LogP contribution in [-0.2, 0) is 22.8 Å². The fourth-order valence-electron chi connectivity index (χ4n) is 3.92. The third kappa shape index (κ3) is 3.57. The van der Waals surface area contributed by atoms with E-state index in [1.165, 1.54) is 12.1 Å². The number of hydrogen-bond donors (Lipinski definition) is 1. The van der Waals surface area contributed by atoms with Crippen molar-refractivity contribution in [1.29, 1.82) is 0 Å². The summed E-state index contributed by atoms with van der Waals surface area (Å²) in [6, 6.07) is 16.1. The van der Waals surface area contributed by atoms with Crippen molar-refractivity contribution in [1.82, 2.24) is 0 Å². The summed E-state index contributed by atoms with van der Waals surface area (Å²) in [5.74, 6) is -0.359. The van der Waals surface area contributed by atoms with Gasteiger partial charge in [-0.2, -0.15) is 13.2 Å². The highest BCUT2D eigenvalue weighted by Crippen LogP contribution is 2.44. The topological polar surface area (TPSA) is 29.1 Å². The molecule has 0 bridgehead atoms. The lowest BCUT2D eigenvalue weighted by molar-refractivity contribution is -0.138. The lowest BCUT2D eigenvalue weighted by Crippen LogP contribution is -2.34. The summed E-state index contributed by atoms with van der Waals surface area (Å²) in [5.41, 5.74) is 0.838. The number of rotatable bonds is 3. The molecule has 2 nitrogen and oxygen atoms in total. The Hall–Kier alpha value is -2.50. The number of fused-ring (bicyclic) bond motifs is 1. The van der Waals surface area contributed by atoms with Gasteiger partial charge in [-0.25, -0.2) is 0 Å². The standard InChI is InChI=1S/C23H16Cl2F3NO/c1-22(12-14-10-15(24)7-9-17(14)23(26,27)28)18-8-6-13(11-20(18)29-21(22)30)16-4-2-3-5-19(16)25/h2-11H,12H2,1H3,(H,29,30). The second-order valence-corrected chi connectivity index (χ2v) is 8.35. The molecule has 3 aromatic carbocycles. The number of amides is 1. The van der Waals surface area contributed by atoms with Crippen LogP contribution in [0, 0.1) is 0 Å². The Morgan fingerprint density at radius 2 is 1.73 bits per heavy atom. The van der Waals surface area contributed by atoms with Gasteiger partial charge in [0.05, 0.1) is 11.0 Å². The summed E-state index contributed by atoms with van der Waals surface area (Å²) in [4.78, 5) is 12.9. The highest BCUT2D eigenvalue weighted by molar-refractivity contribution is 6.33. The Kier molecular flexibility index (Phi) is 5.07. The minimum absolute atomic E-state index is 0.0179. The highest BCUT2D eigenvalue weighted by Gasteiger charge is 2.44. The van der Waals surface area contributed by atoms with E-state index in [1.807, 2.05) is 24.3 Å². The zero-order valence-corrected chi connectivity index (χ0v) is 17.3. The lowest BCUT2D eigenvalue weighted by Gasteiger charge is -2.24. The first kappa shape index (κ1) is 20.8. The van der Waals surface area contributed by atoms with E-state index in [4.69, 9.17) is 23.2 Å². The maximum atomic E-state index is 13.5. The van der Waals surface area contributed by atoms with Crippen LogP contribution in [0.15, 0.2) is 60.7 Å². The second-order valence-electron chi connectivity index (χ2n) is 7.50. The summed E-state index contributed by atoms with van der Waals surface area (Å²) in [6.45, 7) is 1.64. The summed E-state index contributed by atoms with van der Waals surface area (Å²) >= 11 is 12.2. The number of halogens is 5. The first-order valence-electron chi connectivity index (χ1n) is 9.16. The highest BCUT2D eigenvalue weighted by atomic mass is 35.5. The lowest BCUT2D eigenvalue weighted by atomic mass is 9.77. The molecule has 1 N–H and O–H groups in total. The molecule has 154 valence electrons. The predicted octanol–water partition coefficient (Wildman–Crippen LogP) is 7.13. The van der Waals surface area contributed by atoms with E-state index < -0.39 is 17.2 Å². The van der Waals surface area contributed by atoms with E-state index in [9.17, 15) is 18.0 Å². The number of hydrogen-bond acceptors (Lipinski definition) is 1. The summed E-state index contributed by atoms with van der Waals surface area (Å²) in [7, 11) is 0. The van der Waals surface area contributed by atoms with E-state index in [-0.39, 0.29) is 22.9 Å². The van der Waals surface area contributed by atoms with Crippen LogP contribution in [0.25, 0.3) is 11.1 Å². The van der Waals surface area contributed by atoms with Crippen molar-refractivity contribution in [2.24, 2.45) is 0 Å². The minimum atomic E-state index is -4.54. The van der Waals surface area contributed by atoms with Gasteiger partial charge in [0.1, 0.15) is 0 Å². The molecule has 0 saturated heterocycles. The predicted molar refractivity (Wildman–Crippen MR) is 113 cm³/mol. The number of nitrogens with one attached hydrogen (secondary N) is 1. The molecule has 0 fully saturated rings. The first-order chi connectivity index (χ1) is 14.1. The zero-order chi connectivity index (χ0) is 21.7. The molecule has 1 amide bonds. The molecule has 7 heteroatoms. The molecule has 1 aliphatic rings. The summed E-state index contributed by atoms with van der Waals surface area (Å²) in [5, 5.41) is 3.57. The number of benzene rings is 3. The quantitative estimate of drug-likeness (QED) is 0.452. The van der Waals surface area contributed by atoms with Crippen molar-refractivity contribution >= 4 is 34.8 Å². The van der Waals surface area contributed by atoms with Crippen LogP contribution in [0.2, 0.25) is 10.0 Å². The van der Waals surface area contributed by atoms with Gasteiger partial charge >= 0.3 is 6.18 Å². The third-order valence-electron chi connectivity index (χ3n) is 5.46. The number of alkyl halides is 3. The Morgan fingerprint density at radius 1 is 1.00 bits per heavy atom. The Labute approximate surface area is 181 Å². The summed E-state index contributed by atoms with van der Waals surface area (Å²) < 4.78 is 40.5. The van der Waals surface area contributed by atoms with Crippen molar-refractivity contribution in [2.45, 2.75) is 24.9 Å². The van der Waals surface area contributed by atoms with Gasteiger partial charge in [0.15, 0.2) is 0 Å². The molecule has 0 aromatic heterocycles. The van der Waals surface area contributed by atoms with Crippen molar-refractivity contribution in [3.8, 4) is 11.1 Å². The van der Waals surface area contributed by atoms with Crippen LogP contribution in [0.1, 0.15) is 23.6 Å². The van der Waals surface area contributed by atoms with Gasteiger partial charge in [-0.3, -0.25) is 4.79 Å². The SMILES string of the molecule is CC1(Cc2cc(Cl)ccc2C(F)(F)F)C(=O)Nc2cc(-c3ccccc3Cl)ccc21. The smallest absolute Gasteiger partial charge is 0.325 e. The molecule has 1 aliphatic heterocycles. The average molecular weight is 450 g/mol. The molecular formula is C23H16Cl2F3NO. The van der Waals surface area contributed by atoms with Crippen molar-refractivity contribution < 1.29 is 18.0 Å². The molecule has 0 saturated carbocycles. The van der Waals surface area contributed by atoms with Crippen LogP contribution >= 0.6 is 23.2 Å². The van der Waals surface area contributed by atoms with Crippen LogP contribution in [0.3, 0.4) is 0 Å². The van der Waals surface area contributed by atoms with Gasteiger partial charge in [0.25, 0.3) is 0 Å². The molecule has 1 heterocycles. The normalized spacial score (nSPS) is 18.3. The van der Waals surface area contributed by atoms with Crippen molar-refractivity contribution in [2.75, 3.05) is 5.32 Å². The van der Waals surface area contributed by atoms with Gasteiger partial charge in [-0.1, -0.05) is 53.5 Å². The Balaban J connectivity index is 1.77. The molecule has 0 radical (unpaired) electrons. The molecular weight excluding hydrogens is 434 g/mol. The van der Waals surface area contributed by atoms with E-state index in [0.29, 0.717) is 16.3 Å². The van der Waals surface area contributed by atoms with E-state index in [1.54, 1.807) is 25.1 Å². The van der Waals surface area contributed by atoms with Crippen LogP contribution < -0.4 is 5.32 Å². The molecule has 1 unspecified atom stereocenters. The van der Waals surface area contributed by atoms with Gasteiger partial charge in [-0.15, -0.1) is 0 Å². The number of carbonyl (C=O) groups is 1. The second kappa shape index (κ2) is 7.33. The van der Waals surface area contributed by atoms with E-state index >= 15 is 0 Å². The van der Waals surface area contributed by atoms with Crippen molar-refractivity contribution in [3.63, 3.8) is 0 Å². The van der Waals surface area contributed by atoms with Gasteiger partial charge in [0.2, 0.25) is 5.91 Å². The Bertz CT molecular complexity index is 1160. The molecule has 0 aliphatic carbocycles. The maximum absolute atomic E-state index is 13.5. The van der Waals surface area contributed by atoms with Crippen LogP contribution in [0.4, 0.5) is 18.9 Å². The Morgan fingerprint density at radius 3 is 2.43 bits per heavy atom. The molecule has 30 heavy (non-hydrogen) atoms. The van der Waals surface area contributed by atoms with Gasteiger partial charge in [0, 0.05) is 21.3 Å². The van der Waals surface area contributed by atoms with Crippen LogP contribution in [-0.4, -0.2) is 5.91 Å². The third-order valence-corrected chi connectivity index (χ3v) is 6.03. The van der Waals surface area contributed by atoms with Crippen molar-refractivity contribution in [3.05, 3.63) is 87.4 Å². The number of anilines is 1. The van der Waals surface area contributed by atoms with E-state index in [2.05, 4.69) is 5.32 Å². The summed E-state index contributed by atoms with van der Waals surface area (Å²) in [6.07, 6.45) is -4.67. The molecule has 4 rings (SSSR count).